The molecule has 1 aromatic heterocycles. The number of ether oxygens (including phenoxy) is 2. The summed E-state index contributed by atoms with van der Waals surface area (Å²) < 4.78 is 50.6. The van der Waals surface area contributed by atoms with Crippen molar-refractivity contribution in [2.24, 2.45) is 0 Å². The molecule has 0 aromatic carbocycles. The van der Waals surface area contributed by atoms with Gasteiger partial charge in [-0.1, -0.05) is 0 Å². The van der Waals surface area contributed by atoms with Crippen molar-refractivity contribution in [2.45, 2.75) is 25.6 Å². The van der Waals surface area contributed by atoms with Crippen LogP contribution >= 0.6 is 0 Å². The maximum absolute atomic E-state index is 13.1. The van der Waals surface area contributed by atoms with E-state index >= 15 is 0 Å². The van der Waals surface area contributed by atoms with E-state index in [1.165, 1.54) is 0 Å². The summed E-state index contributed by atoms with van der Waals surface area (Å²) in [6, 6.07) is 0. The first kappa shape index (κ1) is 17.4. The smallest absolute Gasteiger partial charge is 0.377 e. The fraction of sp³-hybridized carbons (Fsp3) is 0.733. The summed E-state index contributed by atoms with van der Waals surface area (Å²) in [5.74, 6) is -0.780. The van der Waals surface area contributed by atoms with Crippen molar-refractivity contribution in [3.8, 4) is 0 Å². The summed E-state index contributed by atoms with van der Waals surface area (Å²) in [5, 5.41) is 3.25. The van der Waals surface area contributed by atoms with E-state index in [0.29, 0.717) is 56.5 Å². The Morgan fingerprint density at radius 2 is 2.00 bits per heavy atom. The largest absolute Gasteiger partial charge is 0.451 e. The van der Waals surface area contributed by atoms with Crippen LogP contribution in [-0.4, -0.2) is 61.6 Å². The van der Waals surface area contributed by atoms with Crippen LogP contribution in [0.4, 0.5) is 19.0 Å². The van der Waals surface area contributed by atoms with Gasteiger partial charge >= 0.3 is 6.18 Å². The average molecular weight is 346 g/mol. The summed E-state index contributed by atoms with van der Waals surface area (Å²) >= 11 is 0. The van der Waals surface area contributed by atoms with Gasteiger partial charge in [-0.15, -0.1) is 0 Å². The Hall–Kier alpha value is -1.45. The molecule has 1 N–H and O–H groups in total. The van der Waals surface area contributed by atoms with Crippen molar-refractivity contribution in [1.82, 2.24) is 15.3 Å². The standard InChI is InChI=1S/C15H21F3N4O2/c1-10-11(2)20-13(15(16,17)18)21-12(10)22-4-6-24-14(8-22)7-19-3-5-23-9-14/h19H,3-9H2,1-2H3/t14-/m1/s1. The number of alkyl halides is 3. The van der Waals surface area contributed by atoms with Crippen LogP contribution in [-0.2, 0) is 15.7 Å². The van der Waals surface area contributed by atoms with Gasteiger partial charge in [-0.05, 0) is 13.8 Å². The molecule has 1 spiro atoms. The zero-order valence-electron chi connectivity index (χ0n) is 13.7. The summed E-state index contributed by atoms with van der Waals surface area (Å²) in [5.41, 5.74) is 0.420. The van der Waals surface area contributed by atoms with Gasteiger partial charge in [0.1, 0.15) is 11.4 Å². The minimum absolute atomic E-state index is 0.321. The van der Waals surface area contributed by atoms with E-state index in [1.807, 2.05) is 4.90 Å². The minimum atomic E-state index is -4.57. The molecule has 0 saturated carbocycles. The van der Waals surface area contributed by atoms with Crippen LogP contribution in [0, 0.1) is 13.8 Å². The molecule has 3 rings (SSSR count). The van der Waals surface area contributed by atoms with Gasteiger partial charge in [0, 0.05) is 30.9 Å². The molecule has 6 nitrogen and oxygen atoms in total. The normalized spacial score (nSPS) is 25.8. The van der Waals surface area contributed by atoms with Gasteiger partial charge in [-0.2, -0.15) is 13.2 Å². The quantitative estimate of drug-likeness (QED) is 0.827. The molecule has 2 fully saturated rings. The SMILES string of the molecule is Cc1nc(C(F)(F)F)nc(N2CCO[C@]3(CNCCOC3)C2)c1C. The first-order valence-electron chi connectivity index (χ1n) is 7.91. The van der Waals surface area contributed by atoms with Gasteiger partial charge in [0.15, 0.2) is 0 Å². The van der Waals surface area contributed by atoms with E-state index in [9.17, 15) is 13.2 Å². The number of aryl methyl sites for hydroxylation is 1. The van der Waals surface area contributed by atoms with Gasteiger partial charge < -0.3 is 19.7 Å². The fourth-order valence-corrected chi connectivity index (χ4v) is 3.04. The Labute approximate surface area is 138 Å². The molecule has 0 aliphatic carbocycles. The molecule has 1 atom stereocenters. The lowest BCUT2D eigenvalue weighted by Crippen LogP contribution is -2.58. The molecule has 0 radical (unpaired) electrons. The first-order chi connectivity index (χ1) is 11.3. The molecule has 0 amide bonds. The molecular weight excluding hydrogens is 325 g/mol. The first-order valence-corrected chi connectivity index (χ1v) is 7.91. The number of halogens is 3. The monoisotopic (exact) mass is 346 g/mol. The molecular formula is C15H21F3N4O2. The van der Waals surface area contributed by atoms with Crippen molar-refractivity contribution in [3.05, 3.63) is 17.1 Å². The van der Waals surface area contributed by atoms with Gasteiger partial charge in [0.2, 0.25) is 5.82 Å². The summed E-state index contributed by atoms with van der Waals surface area (Å²) in [6.07, 6.45) is -4.57. The topological polar surface area (TPSA) is 59.5 Å². The summed E-state index contributed by atoms with van der Waals surface area (Å²) in [7, 11) is 0. The van der Waals surface area contributed by atoms with Crippen molar-refractivity contribution < 1.29 is 22.6 Å². The second-order valence-corrected chi connectivity index (χ2v) is 6.26. The highest BCUT2D eigenvalue weighted by Gasteiger charge is 2.40. The Morgan fingerprint density at radius 3 is 2.75 bits per heavy atom. The lowest BCUT2D eigenvalue weighted by atomic mass is 10.0. The third kappa shape index (κ3) is 3.47. The lowest BCUT2D eigenvalue weighted by molar-refractivity contribution is -0.145. The van der Waals surface area contributed by atoms with Crippen molar-refractivity contribution in [2.75, 3.05) is 50.9 Å². The van der Waals surface area contributed by atoms with Gasteiger partial charge in [-0.25, -0.2) is 9.97 Å². The average Bonchev–Trinajstić information content (AvgIpc) is 2.74. The lowest BCUT2D eigenvalue weighted by Gasteiger charge is -2.42. The zero-order chi connectivity index (χ0) is 17.4. The van der Waals surface area contributed by atoms with Crippen LogP contribution < -0.4 is 10.2 Å². The Balaban J connectivity index is 1.91. The van der Waals surface area contributed by atoms with E-state index in [-0.39, 0.29) is 0 Å². The highest BCUT2D eigenvalue weighted by atomic mass is 19.4. The third-order valence-electron chi connectivity index (χ3n) is 4.40. The number of hydrogen-bond acceptors (Lipinski definition) is 6. The Bertz CT molecular complexity index is 601. The van der Waals surface area contributed by atoms with Crippen LogP contribution in [0.2, 0.25) is 0 Å². The highest BCUT2D eigenvalue weighted by molar-refractivity contribution is 5.49. The number of aromatic nitrogens is 2. The molecule has 3 heterocycles. The van der Waals surface area contributed by atoms with Crippen LogP contribution in [0.1, 0.15) is 17.1 Å². The predicted molar refractivity (Wildman–Crippen MR) is 81.1 cm³/mol. The maximum Gasteiger partial charge on any atom is 0.451 e. The Morgan fingerprint density at radius 1 is 1.21 bits per heavy atom. The molecule has 9 heteroatoms. The van der Waals surface area contributed by atoms with Crippen LogP contribution in [0.15, 0.2) is 0 Å². The third-order valence-corrected chi connectivity index (χ3v) is 4.40. The molecule has 0 bridgehead atoms. The molecule has 2 saturated heterocycles. The number of morpholine rings is 1. The summed E-state index contributed by atoms with van der Waals surface area (Å²) in [4.78, 5) is 9.24. The predicted octanol–water partition coefficient (Wildman–Crippen LogP) is 1.31. The molecule has 0 unspecified atom stereocenters. The number of nitrogens with zero attached hydrogens (tertiary/aromatic N) is 3. The van der Waals surface area contributed by atoms with E-state index in [0.717, 1.165) is 6.54 Å². The van der Waals surface area contributed by atoms with E-state index in [1.54, 1.807) is 13.8 Å². The van der Waals surface area contributed by atoms with E-state index < -0.39 is 17.6 Å². The maximum atomic E-state index is 13.1. The second-order valence-electron chi connectivity index (χ2n) is 6.26. The number of nitrogens with one attached hydrogen (secondary N) is 1. The zero-order valence-corrected chi connectivity index (χ0v) is 13.7. The molecule has 24 heavy (non-hydrogen) atoms. The number of rotatable bonds is 1. The molecule has 2 aliphatic rings. The van der Waals surface area contributed by atoms with Crippen molar-refractivity contribution in [3.63, 3.8) is 0 Å². The summed E-state index contributed by atoms with van der Waals surface area (Å²) in [6.45, 7) is 6.96. The minimum Gasteiger partial charge on any atom is -0.377 e. The number of anilines is 1. The van der Waals surface area contributed by atoms with Crippen molar-refractivity contribution in [1.29, 1.82) is 0 Å². The second kappa shape index (κ2) is 6.45. The van der Waals surface area contributed by atoms with E-state index in [4.69, 9.17) is 9.47 Å². The van der Waals surface area contributed by atoms with Crippen molar-refractivity contribution >= 4 is 5.82 Å². The van der Waals surface area contributed by atoms with Crippen LogP contribution in [0.3, 0.4) is 0 Å². The molecule has 1 aromatic rings. The van der Waals surface area contributed by atoms with Gasteiger partial charge in [-0.3, -0.25) is 0 Å². The highest BCUT2D eigenvalue weighted by Crippen LogP contribution is 2.31. The number of hydrogen-bond donors (Lipinski definition) is 1. The van der Waals surface area contributed by atoms with Crippen LogP contribution in [0.25, 0.3) is 0 Å². The fourth-order valence-electron chi connectivity index (χ4n) is 3.04. The van der Waals surface area contributed by atoms with Gasteiger partial charge in [0.05, 0.1) is 26.4 Å². The molecule has 134 valence electrons. The van der Waals surface area contributed by atoms with Crippen LogP contribution in [0.5, 0.6) is 0 Å². The Kier molecular flexibility index (Phi) is 4.67. The van der Waals surface area contributed by atoms with E-state index in [2.05, 4.69) is 15.3 Å². The molecule has 2 aliphatic heterocycles. The van der Waals surface area contributed by atoms with Gasteiger partial charge in [0.25, 0.3) is 0 Å².